The lowest BCUT2D eigenvalue weighted by Crippen LogP contribution is -1.93. The van der Waals surface area contributed by atoms with Gasteiger partial charge in [0.25, 0.3) is 0 Å². The van der Waals surface area contributed by atoms with Gasteiger partial charge in [-0.3, -0.25) is 0 Å². The van der Waals surface area contributed by atoms with Crippen molar-refractivity contribution in [3.63, 3.8) is 0 Å². The molecule has 3 rings (SSSR count). The van der Waals surface area contributed by atoms with Crippen LogP contribution in [0.25, 0.3) is 11.0 Å². The first-order valence-corrected chi connectivity index (χ1v) is 6.52. The predicted octanol–water partition coefficient (Wildman–Crippen LogP) is 3.50. The Balaban J connectivity index is 1.72. The van der Waals surface area contributed by atoms with Crippen LogP contribution in [-0.4, -0.2) is 17.1 Å². The lowest BCUT2D eigenvalue weighted by Gasteiger charge is -2.02. The molecule has 1 N–H and O–H groups in total. The van der Waals surface area contributed by atoms with Crippen LogP contribution in [0.5, 0.6) is 5.75 Å². The molecule has 4 heteroatoms. The van der Waals surface area contributed by atoms with Crippen LogP contribution in [0.4, 0.5) is 4.39 Å². The molecule has 0 radical (unpaired) electrons. The maximum atomic E-state index is 13.1. The van der Waals surface area contributed by atoms with Gasteiger partial charge in [0.05, 0.1) is 18.1 Å². The summed E-state index contributed by atoms with van der Waals surface area (Å²) in [5, 5.41) is 0. The van der Waals surface area contributed by atoms with Crippen molar-refractivity contribution in [1.29, 1.82) is 0 Å². The largest absolute Gasteiger partial charge is 0.497 e. The number of hydrogen-bond acceptors (Lipinski definition) is 2. The molecular weight excluding hydrogens is 255 g/mol. The number of H-pyrrole nitrogens is 1. The number of methoxy groups -OCH3 is 1. The van der Waals surface area contributed by atoms with E-state index in [1.54, 1.807) is 13.2 Å². The SMILES string of the molecule is COc1ccc(CCc2nc3ccc(F)cc3[nH]2)cc1. The Morgan fingerprint density at radius 3 is 2.65 bits per heavy atom. The summed E-state index contributed by atoms with van der Waals surface area (Å²) in [5.74, 6) is 1.48. The number of aromatic amines is 1. The van der Waals surface area contributed by atoms with Crippen LogP contribution in [0.15, 0.2) is 42.5 Å². The zero-order valence-corrected chi connectivity index (χ0v) is 11.2. The van der Waals surface area contributed by atoms with Gasteiger partial charge in [-0.1, -0.05) is 12.1 Å². The number of halogens is 1. The molecular formula is C16H15FN2O. The number of ether oxygens (including phenoxy) is 1. The van der Waals surface area contributed by atoms with Crippen LogP contribution in [0.2, 0.25) is 0 Å². The molecule has 2 aromatic carbocycles. The molecule has 0 atom stereocenters. The van der Waals surface area contributed by atoms with Gasteiger partial charge in [0.15, 0.2) is 0 Å². The molecule has 0 unspecified atom stereocenters. The monoisotopic (exact) mass is 270 g/mol. The van der Waals surface area contributed by atoms with E-state index in [2.05, 4.69) is 9.97 Å². The Morgan fingerprint density at radius 2 is 1.90 bits per heavy atom. The zero-order chi connectivity index (χ0) is 13.9. The molecule has 0 saturated heterocycles. The average Bonchev–Trinajstić information content (AvgIpc) is 2.87. The summed E-state index contributed by atoms with van der Waals surface area (Å²) >= 11 is 0. The van der Waals surface area contributed by atoms with Crippen molar-refractivity contribution in [3.8, 4) is 5.75 Å². The minimum Gasteiger partial charge on any atom is -0.497 e. The first-order chi connectivity index (χ1) is 9.74. The van der Waals surface area contributed by atoms with Crippen LogP contribution in [0.1, 0.15) is 11.4 Å². The van der Waals surface area contributed by atoms with Crippen molar-refractivity contribution < 1.29 is 9.13 Å². The highest BCUT2D eigenvalue weighted by Crippen LogP contribution is 2.16. The van der Waals surface area contributed by atoms with Gasteiger partial charge in [0.1, 0.15) is 17.4 Å². The third kappa shape index (κ3) is 2.64. The first-order valence-electron chi connectivity index (χ1n) is 6.52. The molecule has 1 aromatic heterocycles. The van der Waals surface area contributed by atoms with Gasteiger partial charge < -0.3 is 9.72 Å². The Bertz CT molecular complexity index is 719. The lowest BCUT2D eigenvalue weighted by molar-refractivity contribution is 0.414. The number of nitrogens with one attached hydrogen (secondary N) is 1. The van der Waals surface area contributed by atoms with Crippen molar-refractivity contribution in [2.75, 3.05) is 7.11 Å². The van der Waals surface area contributed by atoms with E-state index in [1.165, 1.54) is 17.7 Å². The summed E-state index contributed by atoms with van der Waals surface area (Å²) in [4.78, 5) is 7.61. The number of rotatable bonds is 4. The number of fused-ring (bicyclic) bond motifs is 1. The highest BCUT2D eigenvalue weighted by molar-refractivity contribution is 5.74. The molecule has 1 heterocycles. The second kappa shape index (κ2) is 5.33. The minimum absolute atomic E-state index is 0.247. The standard InChI is InChI=1S/C16H15FN2O/c1-20-13-6-2-11(3-7-13)4-9-16-18-14-8-5-12(17)10-15(14)19-16/h2-3,5-8,10H,4,9H2,1H3,(H,18,19). The van der Waals surface area contributed by atoms with E-state index < -0.39 is 0 Å². The van der Waals surface area contributed by atoms with E-state index in [0.717, 1.165) is 35.4 Å². The fourth-order valence-corrected chi connectivity index (χ4v) is 2.21. The van der Waals surface area contributed by atoms with Gasteiger partial charge in [-0.05, 0) is 42.3 Å². The van der Waals surface area contributed by atoms with Crippen molar-refractivity contribution in [2.24, 2.45) is 0 Å². The first kappa shape index (κ1) is 12.7. The van der Waals surface area contributed by atoms with Gasteiger partial charge >= 0.3 is 0 Å². The Hall–Kier alpha value is -2.36. The van der Waals surface area contributed by atoms with Crippen molar-refractivity contribution >= 4 is 11.0 Å². The third-order valence-electron chi connectivity index (χ3n) is 3.30. The second-order valence-corrected chi connectivity index (χ2v) is 4.69. The topological polar surface area (TPSA) is 37.9 Å². The highest BCUT2D eigenvalue weighted by Gasteiger charge is 2.04. The summed E-state index contributed by atoms with van der Waals surface area (Å²) < 4.78 is 18.2. The van der Waals surface area contributed by atoms with Gasteiger partial charge in [0, 0.05) is 6.42 Å². The molecule has 0 spiro atoms. The van der Waals surface area contributed by atoms with Gasteiger partial charge in [-0.15, -0.1) is 0 Å². The van der Waals surface area contributed by atoms with Crippen LogP contribution in [0, 0.1) is 5.82 Å². The number of hydrogen-bond donors (Lipinski definition) is 1. The van der Waals surface area contributed by atoms with Crippen LogP contribution in [-0.2, 0) is 12.8 Å². The minimum atomic E-state index is -0.247. The fourth-order valence-electron chi connectivity index (χ4n) is 2.21. The summed E-state index contributed by atoms with van der Waals surface area (Å²) in [5.41, 5.74) is 2.77. The van der Waals surface area contributed by atoms with Crippen molar-refractivity contribution in [2.45, 2.75) is 12.8 Å². The number of aryl methyl sites for hydroxylation is 2. The number of imidazole rings is 1. The molecule has 0 aliphatic heterocycles. The van der Waals surface area contributed by atoms with Crippen LogP contribution < -0.4 is 4.74 Å². The van der Waals surface area contributed by atoms with Gasteiger partial charge in [0.2, 0.25) is 0 Å². The van der Waals surface area contributed by atoms with Crippen molar-refractivity contribution in [3.05, 3.63) is 59.7 Å². The fraction of sp³-hybridized carbons (Fsp3) is 0.188. The zero-order valence-electron chi connectivity index (χ0n) is 11.2. The van der Waals surface area contributed by atoms with E-state index in [4.69, 9.17) is 4.74 Å². The molecule has 0 fully saturated rings. The number of aromatic nitrogens is 2. The average molecular weight is 270 g/mol. The van der Waals surface area contributed by atoms with Crippen molar-refractivity contribution in [1.82, 2.24) is 9.97 Å². The molecule has 3 nitrogen and oxygen atoms in total. The Kier molecular flexibility index (Phi) is 3.37. The Morgan fingerprint density at radius 1 is 1.10 bits per heavy atom. The van der Waals surface area contributed by atoms with E-state index in [0.29, 0.717) is 0 Å². The van der Waals surface area contributed by atoms with E-state index in [9.17, 15) is 4.39 Å². The van der Waals surface area contributed by atoms with Crippen LogP contribution in [0.3, 0.4) is 0 Å². The number of benzene rings is 2. The molecule has 3 aromatic rings. The van der Waals surface area contributed by atoms with E-state index >= 15 is 0 Å². The van der Waals surface area contributed by atoms with Gasteiger partial charge in [-0.25, -0.2) is 9.37 Å². The number of nitrogens with zero attached hydrogens (tertiary/aromatic N) is 1. The molecule has 0 aliphatic rings. The smallest absolute Gasteiger partial charge is 0.125 e. The lowest BCUT2D eigenvalue weighted by atomic mass is 10.1. The molecule has 0 bridgehead atoms. The summed E-state index contributed by atoms with van der Waals surface area (Å²) in [6, 6.07) is 12.6. The predicted molar refractivity (Wildman–Crippen MR) is 76.5 cm³/mol. The molecule has 0 amide bonds. The summed E-state index contributed by atoms with van der Waals surface area (Å²) in [6.45, 7) is 0. The normalized spacial score (nSPS) is 10.9. The molecule has 102 valence electrons. The van der Waals surface area contributed by atoms with Crippen LogP contribution >= 0.6 is 0 Å². The third-order valence-corrected chi connectivity index (χ3v) is 3.30. The van der Waals surface area contributed by atoms with E-state index in [-0.39, 0.29) is 5.82 Å². The molecule has 0 saturated carbocycles. The van der Waals surface area contributed by atoms with E-state index in [1.807, 2.05) is 24.3 Å². The maximum absolute atomic E-state index is 13.1. The summed E-state index contributed by atoms with van der Waals surface area (Å²) in [6.07, 6.45) is 1.68. The quantitative estimate of drug-likeness (QED) is 0.788. The van der Waals surface area contributed by atoms with Gasteiger partial charge in [-0.2, -0.15) is 0 Å². The molecule has 20 heavy (non-hydrogen) atoms. The molecule has 0 aliphatic carbocycles. The highest BCUT2D eigenvalue weighted by atomic mass is 19.1. The Labute approximate surface area is 116 Å². The summed E-state index contributed by atoms with van der Waals surface area (Å²) in [7, 11) is 1.66. The second-order valence-electron chi connectivity index (χ2n) is 4.69. The maximum Gasteiger partial charge on any atom is 0.125 e.